The van der Waals surface area contributed by atoms with Gasteiger partial charge in [-0.25, -0.2) is 4.98 Å². The van der Waals surface area contributed by atoms with E-state index in [1.54, 1.807) is 18.2 Å². The van der Waals surface area contributed by atoms with Gasteiger partial charge in [-0.3, -0.25) is 14.9 Å². The fraction of sp³-hybridized carbons (Fsp3) is 0.222. The second-order valence-electron chi connectivity index (χ2n) is 9.73. The Bertz CT molecular complexity index is 1600. The third-order valence-electron chi connectivity index (χ3n) is 5.36. The molecule has 0 aliphatic carbocycles. The van der Waals surface area contributed by atoms with Crippen molar-refractivity contribution < 1.29 is 22.8 Å². The Balaban J connectivity index is 1.82. The number of alkyl halides is 3. The van der Waals surface area contributed by atoms with E-state index in [0.717, 1.165) is 16.8 Å². The van der Waals surface area contributed by atoms with Crippen molar-refractivity contribution in [2.24, 2.45) is 10.5 Å². The van der Waals surface area contributed by atoms with Gasteiger partial charge in [0.2, 0.25) is 0 Å². The first-order chi connectivity index (χ1) is 17.8. The second-order valence-corrected chi connectivity index (χ2v) is 9.73. The first-order valence-corrected chi connectivity index (χ1v) is 11.5. The molecule has 0 N–H and O–H groups in total. The Morgan fingerprint density at radius 2 is 1.79 bits per heavy atom. The van der Waals surface area contributed by atoms with Crippen molar-refractivity contribution in [2.45, 2.75) is 26.9 Å². The molecule has 38 heavy (non-hydrogen) atoms. The molecular weight excluding hydrogens is 501 g/mol. The number of para-hydroxylation sites is 1. The van der Waals surface area contributed by atoms with Gasteiger partial charge in [0.25, 0.3) is 5.56 Å². The number of hydrogen-bond acceptors (Lipinski definition) is 6. The molecular formula is C27H23F3N4O4. The summed E-state index contributed by atoms with van der Waals surface area (Å²) in [6.45, 7) is 6.03. The summed E-state index contributed by atoms with van der Waals surface area (Å²) < 4.78 is 46.6. The maximum Gasteiger partial charge on any atom is 0.416 e. The van der Waals surface area contributed by atoms with Gasteiger partial charge in [-0.2, -0.15) is 22.9 Å². The predicted octanol–water partition coefficient (Wildman–Crippen LogP) is 6.30. The number of aromatic nitrogens is 2. The van der Waals surface area contributed by atoms with E-state index >= 15 is 0 Å². The molecule has 0 aliphatic heterocycles. The number of hydrogen-bond donors (Lipinski definition) is 0. The first-order valence-electron chi connectivity index (χ1n) is 11.5. The van der Waals surface area contributed by atoms with E-state index in [9.17, 15) is 28.1 Å². The lowest BCUT2D eigenvalue weighted by Gasteiger charge is -2.18. The van der Waals surface area contributed by atoms with Gasteiger partial charge in [-0.15, -0.1) is 0 Å². The SMILES string of the molecule is CC(C)(C)COc1ccc(C=Nn2c(-c3cccc(C(F)(F)F)c3)nc3ccccc3c2=O)cc1[N+](=O)[O-]. The standard InChI is InChI=1S/C27H23F3N4O4/c1-26(2,3)16-38-23-12-11-17(13-22(23)34(36)37)15-31-33-24(18-7-6-8-19(14-18)27(28,29)30)32-21-10-5-4-9-20(21)25(33)35/h4-15H,16H2,1-3H3. The van der Waals surface area contributed by atoms with E-state index in [4.69, 9.17) is 4.74 Å². The lowest BCUT2D eigenvalue weighted by Crippen LogP contribution is -2.20. The molecule has 4 aromatic rings. The molecule has 11 heteroatoms. The van der Waals surface area contributed by atoms with Crippen LogP contribution in [0, 0.1) is 15.5 Å². The molecule has 4 rings (SSSR count). The largest absolute Gasteiger partial charge is 0.486 e. The zero-order valence-corrected chi connectivity index (χ0v) is 20.7. The number of nitro groups is 1. The van der Waals surface area contributed by atoms with Crippen LogP contribution in [0.4, 0.5) is 18.9 Å². The van der Waals surface area contributed by atoms with Crippen molar-refractivity contribution in [3.05, 3.63) is 98.3 Å². The molecule has 0 saturated heterocycles. The monoisotopic (exact) mass is 524 g/mol. The van der Waals surface area contributed by atoms with Crippen LogP contribution in [0.15, 0.2) is 76.6 Å². The molecule has 0 bridgehead atoms. The third-order valence-corrected chi connectivity index (χ3v) is 5.36. The van der Waals surface area contributed by atoms with E-state index in [-0.39, 0.29) is 51.3 Å². The second kappa shape index (κ2) is 10.1. The third kappa shape index (κ3) is 5.88. The summed E-state index contributed by atoms with van der Waals surface area (Å²) in [7, 11) is 0. The van der Waals surface area contributed by atoms with Crippen LogP contribution in [-0.4, -0.2) is 27.4 Å². The van der Waals surface area contributed by atoms with Crippen LogP contribution >= 0.6 is 0 Å². The highest BCUT2D eigenvalue weighted by Gasteiger charge is 2.31. The van der Waals surface area contributed by atoms with Crippen molar-refractivity contribution in [3.8, 4) is 17.1 Å². The van der Waals surface area contributed by atoms with Crippen molar-refractivity contribution >= 4 is 22.8 Å². The van der Waals surface area contributed by atoms with Crippen LogP contribution in [-0.2, 0) is 6.18 Å². The highest BCUT2D eigenvalue weighted by Crippen LogP contribution is 2.32. The molecule has 1 heterocycles. The Labute approximate surface area is 215 Å². The molecule has 0 radical (unpaired) electrons. The zero-order chi connectivity index (χ0) is 27.7. The van der Waals surface area contributed by atoms with E-state index in [1.807, 2.05) is 20.8 Å². The smallest absolute Gasteiger partial charge is 0.416 e. The summed E-state index contributed by atoms with van der Waals surface area (Å²) in [4.78, 5) is 28.8. The molecule has 0 amide bonds. The van der Waals surface area contributed by atoms with Crippen molar-refractivity contribution in [1.29, 1.82) is 0 Å². The fourth-order valence-corrected chi connectivity index (χ4v) is 3.55. The molecule has 0 saturated carbocycles. The maximum absolute atomic E-state index is 13.4. The molecule has 0 fully saturated rings. The summed E-state index contributed by atoms with van der Waals surface area (Å²) in [5.74, 6) is -0.0352. The summed E-state index contributed by atoms with van der Waals surface area (Å²) in [6, 6.07) is 15.0. The quantitative estimate of drug-likeness (QED) is 0.168. The van der Waals surface area contributed by atoms with Crippen molar-refractivity contribution in [1.82, 2.24) is 9.66 Å². The number of nitrogens with zero attached hydrogens (tertiary/aromatic N) is 4. The van der Waals surface area contributed by atoms with Gasteiger partial charge >= 0.3 is 11.9 Å². The predicted molar refractivity (Wildman–Crippen MR) is 137 cm³/mol. The van der Waals surface area contributed by atoms with Gasteiger partial charge < -0.3 is 4.74 Å². The van der Waals surface area contributed by atoms with E-state index in [1.165, 1.54) is 42.6 Å². The van der Waals surface area contributed by atoms with Gasteiger partial charge in [-0.05, 0) is 41.8 Å². The van der Waals surface area contributed by atoms with Gasteiger partial charge in [-0.1, -0.05) is 45.0 Å². The van der Waals surface area contributed by atoms with Crippen molar-refractivity contribution in [2.75, 3.05) is 6.61 Å². The van der Waals surface area contributed by atoms with E-state index in [0.29, 0.717) is 0 Å². The average molecular weight is 524 g/mol. The minimum atomic E-state index is -4.60. The number of fused-ring (bicyclic) bond motifs is 1. The van der Waals surface area contributed by atoms with E-state index < -0.39 is 22.2 Å². The van der Waals surface area contributed by atoms with Crippen molar-refractivity contribution in [3.63, 3.8) is 0 Å². The molecule has 8 nitrogen and oxygen atoms in total. The summed E-state index contributed by atoms with van der Waals surface area (Å²) in [5, 5.41) is 16.0. The van der Waals surface area contributed by atoms with Crippen LogP contribution in [0.2, 0.25) is 0 Å². The number of nitro benzene ring substituents is 1. The number of ether oxygens (including phenoxy) is 1. The van der Waals surface area contributed by atoms with Crippen LogP contribution in [0.3, 0.4) is 0 Å². The average Bonchev–Trinajstić information content (AvgIpc) is 2.86. The normalized spacial score (nSPS) is 12.3. The van der Waals surface area contributed by atoms with Gasteiger partial charge in [0.15, 0.2) is 11.6 Å². The molecule has 0 atom stereocenters. The lowest BCUT2D eigenvalue weighted by molar-refractivity contribution is -0.386. The molecule has 1 aromatic heterocycles. The fourth-order valence-electron chi connectivity index (χ4n) is 3.55. The molecule has 0 unspecified atom stereocenters. The molecule has 3 aromatic carbocycles. The number of halogens is 3. The van der Waals surface area contributed by atoms with Crippen LogP contribution in [0.5, 0.6) is 5.75 Å². The summed E-state index contributed by atoms with van der Waals surface area (Å²) in [6.07, 6.45) is -3.40. The maximum atomic E-state index is 13.4. The lowest BCUT2D eigenvalue weighted by atomic mass is 9.99. The summed E-state index contributed by atoms with van der Waals surface area (Å²) >= 11 is 0. The van der Waals surface area contributed by atoms with Gasteiger partial charge in [0.1, 0.15) is 0 Å². The van der Waals surface area contributed by atoms with Crippen LogP contribution in [0.1, 0.15) is 31.9 Å². The molecule has 0 spiro atoms. The number of benzene rings is 3. The summed E-state index contributed by atoms with van der Waals surface area (Å²) in [5.41, 5.74) is -1.45. The first kappa shape index (κ1) is 26.5. The van der Waals surface area contributed by atoms with E-state index in [2.05, 4.69) is 10.1 Å². The Hall–Kier alpha value is -4.54. The highest BCUT2D eigenvalue weighted by atomic mass is 19.4. The Morgan fingerprint density at radius 1 is 1.05 bits per heavy atom. The van der Waals surface area contributed by atoms with Gasteiger partial charge in [0, 0.05) is 17.2 Å². The minimum absolute atomic E-state index is 0.0248. The minimum Gasteiger partial charge on any atom is -0.486 e. The van der Waals surface area contributed by atoms with Gasteiger partial charge in [0.05, 0.1) is 34.2 Å². The molecule has 196 valence electrons. The zero-order valence-electron chi connectivity index (χ0n) is 20.7. The van der Waals surface area contributed by atoms with Crippen LogP contribution < -0.4 is 10.3 Å². The van der Waals surface area contributed by atoms with Crippen LogP contribution in [0.25, 0.3) is 22.3 Å². The topological polar surface area (TPSA) is 99.6 Å². The molecule has 0 aliphatic rings. The Kier molecular flexibility index (Phi) is 7.03. The Morgan fingerprint density at radius 3 is 2.47 bits per heavy atom. The highest BCUT2D eigenvalue weighted by molar-refractivity contribution is 5.83. The number of rotatable bonds is 6.